The van der Waals surface area contributed by atoms with Crippen LogP contribution in [-0.4, -0.2) is 49.9 Å². The molecule has 2 aromatic heterocycles. The minimum absolute atomic E-state index is 0.0436. The summed E-state index contributed by atoms with van der Waals surface area (Å²) in [6, 6.07) is 23.1. The average Bonchev–Trinajstić information content (AvgIpc) is 3.69. The van der Waals surface area contributed by atoms with Crippen molar-refractivity contribution in [3.05, 3.63) is 77.9 Å². The van der Waals surface area contributed by atoms with Crippen LogP contribution in [0.5, 0.6) is 5.75 Å². The maximum Gasteiger partial charge on any atom is 0.411 e. The zero-order valence-corrected chi connectivity index (χ0v) is 19.7. The molecule has 0 spiro atoms. The van der Waals surface area contributed by atoms with Gasteiger partial charge in [-0.1, -0.05) is 49.6 Å². The Morgan fingerprint density at radius 3 is 2.42 bits per heavy atom. The molecule has 1 saturated carbocycles. The number of amides is 1. The van der Waals surface area contributed by atoms with Gasteiger partial charge < -0.3 is 9.84 Å². The van der Waals surface area contributed by atoms with Gasteiger partial charge in [-0.3, -0.25) is 10.2 Å². The highest BCUT2D eigenvalue weighted by Gasteiger charge is 2.28. The molecular weight excluding hydrogens is 456 g/mol. The zero-order valence-electron chi connectivity index (χ0n) is 19.7. The number of nitrogens with zero attached hydrogens (tertiary/aromatic N) is 5. The first kappa shape index (κ1) is 23.3. The van der Waals surface area contributed by atoms with Crippen molar-refractivity contribution in [1.82, 2.24) is 19.5 Å². The van der Waals surface area contributed by atoms with Crippen LogP contribution in [0.4, 0.5) is 10.7 Å². The van der Waals surface area contributed by atoms with E-state index in [4.69, 9.17) is 15.1 Å². The molecule has 0 bridgehead atoms. The third-order valence-corrected chi connectivity index (χ3v) is 5.80. The van der Waals surface area contributed by atoms with Gasteiger partial charge in [-0.2, -0.15) is 10.2 Å². The number of aromatic nitrogens is 3. The maximum atomic E-state index is 10.9. The van der Waals surface area contributed by atoms with Gasteiger partial charge >= 0.3 is 6.09 Å². The SMILES string of the molecule is C1CC1.N#Cc1ccc(OC2CN(Cc3ccc(-c4cccc5nc(NC(=O)O)nn45)cc3)C2)cc1. The highest BCUT2D eigenvalue weighted by molar-refractivity contribution is 5.80. The number of hydrogen-bond donors (Lipinski definition) is 2. The van der Waals surface area contributed by atoms with E-state index in [9.17, 15) is 4.79 Å². The molecule has 2 fully saturated rings. The molecule has 1 amide bonds. The van der Waals surface area contributed by atoms with Gasteiger partial charge in [0, 0.05) is 25.2 Å². The molecule has 6 rings (SSSR count). The lowest BCUT2D eigenvalue weighted by Crippen LogP contribution is -2.53. The van der Waals surface area contributed by atoms with Crippen molar-refractivity contribution in [3.63, 3.8) is 0 Å². The summed E-state index contributed by atoms with van der Waals surface area (Å²) in [5.41, 5.74) is 4.16. The quantitative estimate of drug-likeness (QED) is 0.406. The van der Waals surface area contributed by atoms with E-state index in [-0.39, 0.29) is 12.1 Å². The van der Waals surface area contributed by atoms with Crippen LogP contribution in [0.15, 0.2) is 66.7 Å². The smallest absolute Gasteiger partial charge is 0.411 e. The van der Waals surface area contributed by atoms with E-state index in [0.29, 0.717) is 11.2 Å². The van der Waals surface area contributed by atoms with Gasteiger partial charge in [-0.25, -0.2) is 9.31 Å². The van der Waals surface area contributed by atoms with Crippen LogP contribution in [0, 0.1) is 11.3 Å². The highest BCUT2D eigenvalue weighted by atomic mass is 16.5. The topological polar surface area (TPSA) is 116 Å². The molecule has 2 aromatic carbocycles. The Labute approximate surface area is 208 Å². The molecule has 1 saturated heterocycles. The monoisotopic (exact) mass is 482 g/mol. The third-order valence-electron chi connectivity index (χ3n) is 5.80. The first-order valence-corrected chi connectivity index (χ1v) is 11.9. The Morgan fingerprint density at radius 2 is 1.78 bits per heavy atom. The highest BCUT2D eigenvalue weighted by Crippen LogP contribution is 2.24. The van der Waals surface area contributed by atoms with Crippen molar-refractivity contribution >= 4 is 17.7 Å². The molecule has 0 atom stereocenters. The van der Waals surface area contributed by atoms with Crippen LogP contribution >= 0.6 is 0 Å². The number of anilines is 1. The second-order valence-electron chi connectivity index (χ2n) is 8.87. The van der Waals surface area contributed by atoms with Gasteiger partial charge in [0.15, 0.2) is 5.65 Å². The number of pyridine rings is 1. The molecule has 3 heterocycles. The number of carbonyl (C=O) groups is 1. The lowest BCUT2D eigenvalue weighted by atomic mass is 10.1. The van der Waals surface area contributed by atoms with Crippen LogP contribution in [0.2, 0.25) is 0 Å². The number of hydrogen-bond acceptors (Lipinski definition) is 6. The molecule has 0 radical (unpaired) electrons. The first-order valence-electron chi connectivity index (χ1n) is 11.9. The van der Waals surface area contributed by atoms with Gasteiger partial charge in [0.05, 0.1) is 17.3 Å². The van der Waals surface area contributed by atoms with Crippen molar-refractivity contribution in [2.45, 2.75) is 31.9 Å². The zero-order chi connectivity index (χ0) is 24.9. The third kappa shape index (κ3) is 5.79. The summed E-state index contributed by atoms with van der Waals surface area (Å²) >= 11 is 0. The van der Waals surface area contributed by atoms with E-state index in [1.807, 2.05) is 36.4 Å². The van der Waals surface area contributed by atoms with E-state index in [2.05, 4.69) is 38.5 Å². The van der Waals surface area contributed by atoms with Crippen LogP contribution in [-0.2, 0) is 6.54 Å². The van der Waals surface area contributed by atoms with E-state index in [1.54, 1.807) is 22.7 Å². The first-order chi connectivity index (χ1) is 17.6. The number of nitrogens with one attached hydrogen (secondary N) is 1. The minimum Gasteiger partial charge on any atom is -0.488 e. The minimum atomic E-state index is -1.20. The largest absolute Gasteiger partial charge is 0.488 e. The lowest BCUT2D eigenvalue weighted by molar-refractivity contribution is 0.0146. The van der Waals surface area contributed by atoms with Gasteiger partial charge in [0.25, 0.3) is 5.95 Å². The molecule has 0 unspecified atom stereocenters. The van der Waals surface area contributed by atoms with Crippen LogP contribution in [0.3, 0.4) is 0 Å². The molecular formula is C27H26N6O3. The van der Waals surface area contributed by atoms with Gasteiger partial charge in [0.1, 0.15) is 11.9 Å². The second kappa shape index (κ2) is 10.5. The second-order valence-corrected chi connectivity index (χ2v) is 8.87. The number of ether oxygens (including phenoxy) is 1. The number of fused-ring (bicyclic) bond motifs is 1. The molecule has 2 N–H and O–H groups in total. The van der Waals surface area contributed by atoms with E-state index < -0.39 is 6.09 Å². The summed E-state index contributed by atoms with van der Waals surface area (Å²) in [4.78, 5) is 17.4. The fraction of sp³-hybridized carbons (Fsp3) is 0.259. The van der Waals surface area contributed by atoms with Crippen LogP contribution < -0.4 is 10.1 Å². The summed E-state index contributed by atoms with van der Waals surface area (Å²) in [5.74, 6) is 0.828. The Balaban J connectivity index is 0.000000828. The molecule has 9 nitrogen and oxygen atoms in total. The average molecular weight is 483 g/mol. The predicted molar refractivity (Wildman–Crippen MR) is 135 cm³/mol. The molecule has 1 aliphatic heterocycles. The van der Waals surface area contributed by atoms with Gasteiger partial charge in [-0.15, -0.1) is 5.10 Å². The Bertz CT molecular complexity index is 1380. The van der Waals surface area contributed by atoms with Crippen molar-refractivity contribution in [1.29, 1.82) is 5.26 Å². The van der Waals surface area contributed by atoms with E-state index in [0.717, 1.165) is 36.6 Å². The number of likely N-dealkylation sites (tertiary alicyclic amines) is 1. The normalized spacial score (nSPS) is 14.8. The fourth-order valence-electron chi connectivity index (χ4n) is 3.84. The summed E-state index contributed by atoms with van der Waals surface area (Å²) in [6.45, 7) is 2.52. The molecule has 1 aliphatic carbocycles. The molecule has 36 heavy (non-hydrogen) atoms. The van der Waals surface area contributed by atoms with Crippen molar-refractivity contribution in [2.75, 3.05) is 18.4 Å². The molecule has 4 aromatic rings. The van der Waals surface area contributed by atoms with Gasteiger partial charge in [-0.05, 0) is 42.0 Å². The fourth-order valence-corrected chi connectivity index (χ4v) is 3.84. The number of carboxylic acid groups (broad SMARTS) is 1. The van der Waals surface area contributed by atoms with Crippen molar-refractivity contribution < 1.29 is 14.6 Å². The summed E-state index contributed by atoms with van der Waals surface area (Å²) < 4.78 is 7.58. The number of benzene rings is 2. The standard InChI is InChI=1S/C24H20N6O3.C3H6/c25-12-16-6-10-19(11-7-16)33-20-14-29(15-20)13-17-4-8-18(9-5-17)21-2-1-3-22-26-23(27-24(31)32)28-30(21)22;1-2-3-1/h1-11,20H,13-15H2,(H,27,28)(H,31,32);1-3H2. The predicted octanol–water partition coefficient (Wildman–Crippen LogP) is 4.79. The van der Waals surface area contributed by atoms with Gasteiger partial charge in [0.2, 0.25) is 0 Å². The van der Waals surface area contributed by atoms with Crippen molar-refractivity contribution in [2.24, 2.45) is 0 Å². The Morgan fingerprint density at radius 1 is 1.06 bits per heavy atom. The Hall–Kier alpha value is -4.42. The summed E-state index contributed by atoms with van der Waals surface area (Å²) in [7, 11) is 0. The van der Waals surface area contributed by atoms with E-state index in [1.165, 1.54) is 24.8 Å². The maximum absolute atomic E-state index is 10.9. The molecule has 9 heteroatoms. The Kier molecular flexibility index (Phi) is 6.78. The van der Waals surface area contributed by atoms with E-state index >= 15 is 0 Å². The molecule has 2 aliphatic rings. The summed E-state index contributed by atoms with van der Waals surface area (Å²) in [6.07, 6.45) is 3.45. The number of rotatable bonds is 6. The summed E-state index contributed by atoms with van der Waals surface area (Å²) in [5, 5.41) is 24.2. The van der Waals surface area contributed by atoms with Crippen LogP contribution in [0.1, 0.15) is 30.4 Å². The van der Waals surface area contributed by atoms with Crippen LogP contribution in [0.25, 0.3) is 16.9 Å². The lowest BCUT2D eigenvalue weighted by Gasteiger charge is -2.39. The number of nitriles is 1. The molecule has 182 valence electrons. The van der Waals surface area contributed by atoms with Crippen molar-refractivity contribution in [3.8, 4) is 23.1 Å².